The SMILES string of the molecule is O=C1C=CC(C(=O)OCc2ccccc2)(S(=O)(=O)c2ccccc2)C1. The maximum atomic E-state index is 13.1. The molecule has 0 spiro atoms. The van der Waals surface area contributed by atoms with Crippen LogP contribution in [-0.4, -0.2) is 24.9 Å². The summed E-state index contributed by atoms with van der Waals surface area (Å²) >= 11 is 0. The molecular weight excluding hydrogens is 340 g/mol. The van der Waals surface area contributed by atoms with Gasteiger partial charge in [0.2, 0.25) is 0 Å². The summed E-state index contributed by atoms with van der Waals surface area (Å²) in [6.07, 6.45) is 1.83. The van der Waals surface area contributed by atoms with E-state index in [1.165, 1.54) is 12.1 Å². The predicted octanol–water partition coefficient (Wildman–Crippen LogP) is 2.47. The van der Waals surface area contributed by atoms with Crippen LogP contribution in [0.2, 0.25) is 0 Å². The zero-order valence-electron chi connectivity index (χ0n) is 13.3. The van der Waals surface area contributed by atoms with Gasteiger partial charge in [-0.3, -0.25) is 4.79 Å². The van der Waals surface area contributed by atoms with Crippen molar-refractivity contribution in [2.24, 2.45) is 0 Å². The van der Waals surface area contributed by atoms with E-state index in [0.717, 1.165) is 17.7 Å². The second-order valence-corrected chi connectivity index (χ2v) is 7.95. The van der Waals surface area contributed by atoms with E-state index in [4.69, 9.17) is 4.74 Å². The smallest absolute Gasteiger partial charge is 0.332 e. The molecule has 25 heavy (non-hydrogen) atoms. The Hall–Kier alpha value is -2.73. The Bertz CT molecular complexity index is 917. The second-order valence-electron chi connectivity index (χ2n) is 5.74. The topological polar surface area (TPSA) is 77.5 Å². The van der Waals surface area contributed by atoms with Crippen LogP contribution in [0.25, 0.3) is 0 Å². The van der Waals surface area contributed by atoms with E-state index in [0.29, 0.717) is 0 Å². The number of allylic oxidation sites excluding steroid dienone is 1. The largest absolute Gasteiger partial charge is 0.459 e. The lowest BCUT2D eigenvalue weighted by Gasteiger charge is -2.24. The lowest BCUT2D eigenvalue weighted by molar-refractivity contribution is -0.147. The molecule has 1 aliphatic carbocycles. The molecule has 0 bridgehead atoms. The Labute approximate surface area is 145 Å². The van der Waals surface area contributed by atoms with Crippen LogP contribution in [0.3, 0.4) is 0 Å². The molecule has 0 aliphatic heterocycles. The molecule has 0 heterocycles. The van der Waals surface area contributed by atoms with Crippen LogP contribution < -0.4 is 0 Å². The van der Waals surface area contributed by atoms with Crippen molar-refractivity contribution in [3.8, 4) is 0 Å². The second kappa shape index (κ2) is 6.64. The first-order valence-electron chi connectivity index (χ1n) is 7.69. The molecule has 0 fully saturated rings. The molecule has 0 radical (unpaired) electrons. The summed E-state index contributed by atoms with van der Waals surface area (Å²) in [6.45, 7) is -0.0617. The summed E-state index contributed by atoms with van der Waals surface area (Å²) in [5.41, 5.74) is 0.733. The molecule has 2 aromatic carbocycles. The standard InChI is InChI=1S/C19H16O5S/c20-16-11-12-19(13-16,25(22,23)17-9-5-2-6-10-17)18(21)24-14-15-7-3-1-4-8-15/h1-12H,13-14H2. The first-order valence-corrected chi connectivity index (χ1v) is 9.17. The van der Waals surface area contributed by atoms with Gasteiger partial charge < -0.3 is 4.74 Å². The summed E-state index contributed by atoms with van der Waals surface area (Å²) in [4.78, 5) is 24.4. The van der Waals surface area contributed by atoms with Gasteiger partial charge in [0.05, 0.1) is 4.90 Å². The van der Waals surface area contributed by atoms with Crippen LogP contribution in [0, 0.1) is 0 Å². The molecule has 1 aliphatic rings. The van der Waals surface area contributed by atoms with E-state index in [9.17, 15) is 18.0 Å². The fourth-order valence-electron chi connectivity index (χ4n) is 2.69. The van der Waals surface area contributed by atoms with E-state index < -0.39 is 32.8 Å². The van der Waals surface area contributed by atoms with E-state index in [1.807, 2.05) is 6.07 Å². The summed E-state index contributed by atoms with van der Waals surface area (Å²) in [7, 11) is -4.12. The van der Waals surface area contributed by atoms with Crippen molar-refractivity contribution in [2.45, 2.75) is 22.7 Å². The third-order valence-electron chi connectivity index (χ3n) is 4.07. The average Bonchev–Trinajstić information content (AvgIpc) is 3.05. The molecule has 128 valence electrons. The highest BCUT2D eigenvalue weighted by molar-refractivity contribution is 7.93. The van der Waals surface area contributed by atoms with Gasteiger partial charge in [0, 0.05) is 6.42 Å². The average molecular weight is 356 g/mol. The highest BCUT2D eigenvalue weighted by Crippen LogP contribution is 2.36. The minimum Gasteiger partial charge on any atom is -0.459 e. The Morgan fingerprint density at radius 2 is 1.60 bits per heavy atom. The van der Waals surface area contributed by atoms with Crippen molar-refractivity contribution in [3.63, 3.8) is 0 Å². The number of rotatable bonds is 5. The van der Waals surface area contributed by atoms with Gasteiger partial charge in [-0.1, -0.05) is 48.5 Å². The molecule has 0 N–H and O–H groups in total. The van der Waals surface area contributed by atoms with Crippen molar-refractivity contribution in [2.75, 3.05) is 0 Å². The molecule has 6 heteroatoms. The van der Waals surface area contributed by atoms with Crippen LogP contribution in [0.4, 0.5) is 0 Å². The first kappa shape index (κ1) is 17.1. The van der Waals surface area contributed by atoms with Gasteiger partial charge in [0.15, 0.2) is 20.4 Å². The van der Waals surface area contributed by atoms with Gasteiger partial charge in [-0.2, -0.15) is 0 Å². The molecule has 5 nitrogen and oxygen atoms in total. The molecule has 1 atom stereocenters. The predicted molar refractivity (Wildman–Crippen MR) is 91.4 cm³/mol. The summed E-state index contributed by atoms with van der Waals surface area (Å²) < 4.78 is 29.3. The monoisotopic (exact) mass is 356 g/mol. The zero-order valence-corrected chi connectivity index (χ0v) is 14.1. The number of hydrogen-bond donors (Lipinski definition) is 0. The van der Waals surface area contributed by atoms with Crippen LogP contribution in [0.5, 0.6) is 0 Å². The zero-order chi connectivity index (χ0) is 17.9. The lowest BCUT2D eigenvalue weighted by atomic mass is 10.1. The number of carbonyl (C=O) groups excluding carboxylic acids is 2. The number of ether oxygens (including phenoxy) is 1. The molecule has 0 aromatic heterocycles. The van der Waals surface area contributed by atoms with Gasteiger partial charge in [-0.15, -0.1) is 0 Å². The quantitative estimate of drug-likeness (QED) is 0.769. The fourth-order valence-corrected chi connectivity index (χ4v) is 4.49. The van der Waals surface area contributed by atoms with E-state index in [1.54, 1.807) is 42.5 Å². The van der Waals surface area contributed by atoms with Crippen molar-refractivity contribution in [1.82, 2.24) is 0 Å². The van der Waals surface area contributed by atoms with E-state index >= 15 is 0 Å². The third kappa shape index (κ3) is 3.13. The molecule has 0 saturated carbocycles. The Kier molecular flexibility index (Phi) is 4.55. The van der Waals surface area contributed by atoms with Gasteiger partial charge >= 0.3 is 5.97 Å². The number of carbonyl (C=O) groups is 2. The molecule has 3 rings (SSSR count). The lowest BCUT2D eigenvalue weighted by Crippen LogP contribution is -2.45. The minimum atomic E-state index is -4.12. The van der Waals surface area contributed by atoms with Crippen molar-refractivity contribution >= 4 is 21.6 Å². The third-order valence-corrected chi connectivity index (χ3v) is 6.37. The molecule has 1 unspecified atom stereocenters. The van der Waals surface area contributed by atoms with Crippen molar-refractivity contribution in [3.05, 3.63) is 78.4 Å². The van der Waals surface area contributed by atoms with Gasteiger partial charge in [-0.25, -0.2) is 13.2 Å². The minimum absolute atomic E-state index is 0.0222. The summed E-state index contributed by atoms with van der Waals surface area (Å²) in [6, 6.07) is 16.5. The normalized spacial score (nSPS) is 19.8. The van der Waals surface area contributed by atoms with Crippen molar-refractivity contribution in [1.29, 1.82) is 0 Å². The number of ketones is 1. The molecule has 2 aromatic rings. The molecule has 0 amide bonds. The number of benzene rings is 2. The first-order chi connectivity index (χ1) is 12.0. The van der Waals surface area contributed by atoms with E-state index in [-0.39, 0.29) is 11.5 Å². The molecule has 0 saturated heterocycles. The highest BCUT2D eigenvalue weighted by Gasteiger charge is 2.54. The highest BCUT2D eigenvalue weighted by atomic mass is 32.2. The van der Waals surface area contributed by atoms with Crippen LogP contribution in [0.15, 0.2) is 77.7 Å². The van der Waals surface area contributed by atoms with E-state index in [2.05, 4.69) is 0 Å². The van der Waals surface area contributed by atoms with Gasteiger partial charge in [-0.05, 0) is 29.8 Å². The fraction of sp³-hybridized carbons (Fsp3) is 0.158. The molecular formula is C19H16O5S. The van der Waals surface area contributed by atoms with Gasteiger partial charge in [0.1, 0.15) is 6.61 Å². The maximum Gasteiger partial charge on any atom is 0.332 e. The Morgan fingerprint density at radius 1 is 1.00 bits per heavy atom. The Morgan fingerprint density at radius 3 is 2.16 bits per heavy atom. The van der Waals surface area contributed by atoms with Crippen LogP contribution in [0.1, 0.15) is 12.0 Å². The summed E-state index contributed by atoms with van der Waals surface area (Å²) in [5.74, 6) is -1.36. The van der Waals surface area contributed by atoms with Crippen LogP contribution >= 0.6 is 0 Å². The van der Waals surface area contributed by atoms with Crippen LogP contribution in [-0.2, 0) is 30.8 Å². The maximum absolute atomic E-state index is 13.1. The number of sulfone groups is 1. The Balaban J connectivity index is 1.93. The van der Waals surface area contributed by atoms with Gasteiger partial charge in [0.25, 0.3) is 0 Å². The number of esters is 1. The summed E-state index contributed by atoms with van der Waals surface area (Å²) in [5, 5.41) is 0. The van der Waals surface area contributed by atoms with Crippen molar-refractivity contribution < 1.29 is 22.7 Å². The number of hydrogen-bond acceptors (Lipinski definition) is 5.